The van der Waals surface area contributed by atoms with Crippen LogP contribution >= 0.6 is 0 Å². The van der Waals surface area contributed by atoms with Crippen LogP contribution in [0.5, 0.6) is 0 Å². The van der Waals surface area contributed by atoms with E-state index in [9.17, 15) is 0 Å². The zero-order valence-corrected chi connectivity index (χ0v) is 13.8. The maximum absolute atomic E-state index is 2.31. The van der Waals surface area contributed by atoms with Crippen molar-refractivity contribution in [2.45, 2.75) is 110 Å². The lowest BCUT2D eigenvalue weighted by Crippen LogP contribution is -2.08. The van der Waals surface area contributed by atoms with Crippen molar-refractivity contribution < 1.29 is 0 Å². The molecule has 0 spiro atoms. The minimum absolute atomic E-state index is 1.10. The molecule has 0 saturated heterocycles. The standard InChI is InChI=1S/C19H38/c1-3-5-7-9-11-14-18-16-13-17-19(18)15-12-10-8-6-4-2/h18-19H,3-17H2,1-2H3. The summed E-state index contributed by atoms with van der Waals surface area (Å²) >= 11 is 0. The van der Waals surface area contributed by atoms with E-state index >= 15 is 0 Å². The first kappa shape index (κ1) is 17.1. The molecule has 0 heterocycles. The highest BCUT2D eigenvalue weighted by Crippen LogP contribution is 2.38. The number of hydrogen-bond acceptors (Lipinski definition) is 0. The second kappa shape index (κ2) is 11.8. The monoisotopic (exact) mass is 266 g/mol. The van der Waals surface area contributed by atoms with Crippen LogP contribution in [-0.4, -0.2) is 0 Å². The Kier molecular flexibility index (Phi) is 10.6. The van der Waals surface area contributed by atoms with E-state index in [-0.39, 0.29) is 0 Å². The van der Waals surface area contributed by atoms with Crippen LogP contribution in [0, 0.1) is 11.8 Å². The SMILES string of the molecule is CCCCCCCC1CCCC1CCCCCCC. The average Bonchev–Trinajstić information content (AvgIpc) is 2.86. The van der Waals surface area contributed by atoms with Gasteiger partial charge in [0.05, 0.1) is 0 Å². The van der Waals surface area contributed by atoms with Gasteiger partial charge in [-0.05, 0) is 11.8 Å². The van der Waals surface area contributed by atoms with Crippen LogP contribution in [-0.2, 0) is 0 Å². The fourth-order valence-corrected chi connectivity index (χ4v) is 3.89. The summed E-state index contributed by atoms with van der Waals surface area (Å²) in [6, 6.07) is 0. The first-order chi connectivity index (χ1) is 9.38. The minimum atomic E-state index is 1.10. The third-order valence-corrected chi connectivity index (χ3v) is 5.17. The van der Waals surface area contributed by atoms with Crippen molar-refractivity contribution in [3.63, 3.8) is 0 Å². The van der Waals surface area contributed by atoms with Gasteiger partial charge in [-0.25, -0.2) is 0 Å². The third kappa shape index (κ3) is 8.00. The first-order valence-electron chi connectivity index (χ1n) is 9.38. The summed E-state index contributed by atoms with van der Waals surface area (Å²) in [6.45, 7) is 4.62. The van der Waals surface area contributed by atoms with E-state index in [0.29, 0.717) is 0 Å². The fourth-order valence-electron chi connectivity index (χ4n) is 3.89. The van der Waals surface area contributed by atoms with Crippen molar-refractivity contribution >= 4 is 0 Å². The molecule has 114 valence electrons. The van der Waals surface area contributed by atoms with Crippen LogP contribution in [0.15, 0.2) is 0 Å². The summed E-state index contributed by atoms with van der Waals surface area (Å²) in [5, 5.41) is 0. The van der Waals surface area contributed by atoms with Gasteiger partial charge in [-0.3, -0.25) is 0 Å². The molecule has 0 nitrogen and oxygen atoms in total. The molecule has 0 aromatic heterocycles. The Balaban J connectivity index is 2.01. The largest absolute Gasteiger partial charge is 0.0654 e. The molecule has 0 heteroatoms. The van der Waals surface area contributed by atoms with Crippen molar-refractivity contribution in [1.82, 2.24) is 0 Å². The van der Waals surface area contributed by atoms with Gasteiger partial charge in [0.25, 0.3) is 0 Å². The van der Waals surface area contributed by atoms with E-state index in [2.05, 4.69) is 13.8 Å². The third-order valence-electron chi connectivity index (χ3n) is 5.17. The van der Waals surface area contributed by atoms with Crippen molar-refractivity contribution in [2.75, 3.05) is 0 Å². The Hall–Kier alpha value is 0. The van der Waals surface area contributed by atoms with Gasteiger partial charge in [0.2, 0.25) is 0 Å². The van der Waals surface area contributed by atoms with Gasteiger partial charge in [-0.1, -0.05) is 110 Å². The molecule has 19 heavy (non-hydrogen) atoms. The van der Waals surface area contributed by atoms with Crippen LogP contribution in [0.2, 0.25) is 0 Å². The van der Waals surface area contributed by atoms with Gasteiger partial charge in [-0.2, -0.15) is 0 Å². The lowest BCUT2D eigenvalue weighted by molar-refractivity contribution is 0.322. The van der Waals surface area contributed by atoms with Crippen molar-refractivity contribution in [3.8, 4) is 0 Å². The number of unbranched alkanes of at least 4 members (excludes halogenated alkanes) is 8. The van der Waals surface area contributed by atoms with E-state index in [4.69, 9.17) is 0 Å². The van der Waals surface area contributed by atoms with Crippen LogP contribution in [0.3, 0.4) is 0 Å². The van der Waals surface area contributed by atoms with Gasteiger partial charge in [0.15, 0.2) is 0 Å². The highest BCUT2D eigenvalue weighted by atomic mass is 14.3. The van der Waals surface area contributed by atoms with Gasteiger partial charge in [-0.15, -0.1) is 0 Å². The summed E-state index contributed by atoms with van der Waals surface area (Å²) < 4.78 is 0. The molecule has 1 aliphatic rings. The maximum Gasteiger partial charge on any atom is -0.0386 e. The molecule has 0 aromatic carbocycles. The lowest BCUT2D eigenvalue weighted by Gasteiger charge is -2.19. The molecule has 0 bridgehead atoms. The molecule has 0 aromatic rings. The van der Waals surface area contributed by atoms with Crippen LogP contribution in [0.4, 0.5) is 0 Å². The quantitative estimate of drug-likeness (QED) is 0.330. The topological polar surface area (TPSA) is 0 Å². The Morgan fingerprint density at radius 1 is 0.579 bits per heavy atom. The number of rotatable bonds is 12. The lowest BCUT2D eigenvalue weighted by atomic mass is 9.87. The van der Waals surface area contributed by atoms with E-state index in [1.807, 2.05) is 0 Å². The van der Waals surface area contributed by atoms with Crippen molar-refractivity contribution in [3.05, 3.63) is 0 Å². The molecule has 1 rings (SSSR count). The van der Waals surface area contributed by atoms with Gasteiger partial charge in [0, 0.05) is 0 Å². The normalized spacial score (nSPS) is 23.1. The summed E-state index contributed by atoms with van der Waals surface area (Å²) in [5.41, 5.74) is 0. The molecule has 1 saturated carbocycles. The zero-order valence-electron chi connectivity index (χ0n) is 13.8. The van der Waals surface area contributed by atoms with Crippen molar-refractivity contribution in [2.24, 2.45) is 11.8 Å². The van der Waals surface area contributed by atoms with Gasteiger partial charge < -0.3 is 0 Å². The summed E-state index contributed by atoms with van der Waals surface area (Å²) in [4.78, 5) is 0. The highest BCUT2D eigenvalue weighted by Gasteiger charge is 2.25. The Labute approximate surface area is 122 Å². The fraction of sp³-hybridized carbons (Fsp3) is 1.00. The molecular weight excluding hydrogens is 228 g/mol. The average molecular weight is 267 g/mol. The number of hydrogen-bond donors (Lipinski definition) is 0. The van der Waals surface area contributed by atoms with Crippen molar-refractivity contribution in [1.29, 1.82) is 0 Å². The molecule has 2 unspecified atom stereocenters. The molecule has 0 amide bonds. The van der Waals surface area contributed by atoms with E-state index in [0.717, 1.165) is 11.8 Å². The van der Waals surface area contributed by atoms with Gasteiger partial charge >= 0.3 is 0 Å². The van der Waals surface area contributed by atoms with Crippen LogP contribution in [0.25, 0.3) is 0 Å². The summed E-state index contributed by atoms with van der Waals surface area (Å²) in [7, 11) is 0. The Morgan fingerprint density at radius 2 is 1.00 bits per heavy atom. The maximum atomic E-state index is 2.31. The molecule has 0 radical (unpaired) electrons. The molecule has 1 aliphatic carbocycles. The Bertz CT molecular complexity index is 164. The predicted octanol–water partition coefficient (Wildman–Crippen LogP) is 7.12. The molecule has 0 aliphatic heterocycles. The van der Waals surface area contributed by atoms with E-state index < -0.39 is 0 Å². The van der Waals surface area contributed by atoms with Gasteiger partial charge in [0.1, 0.15) is 0 Å². The second-order valence-corrected chi connectivity index (χ2v) is 6.86. The highest BCUT2D eigenvalue weighted by molar-refractivity contribution is 4.77. The smallest absolute Gasteiger partial charge is 0.0386 e. The van der Waals surface area contributed by atoms with Crippen LogP contribution in [0.1, 0.15) is 110 Å². The summed E-state index contributed by atoms with van der Waals surface area (Å²) in [6.07, 6.45) is 22.3. The first-order valence-corrected chi connectivity index (χ1v) is 9.38. The summed E-state index contributed by atoms with van der Waals surface area (Å²) in [5.74, 6) is 2.21. The van der Waals surface area contributed by atoms with E-state index in [1.54, 1.807) is 25.7 Å². The minimum Gasteiger partial charge on any atom is -0.0654 e. The Morgan fingerprint density at radius 3 is 1.42 bits per heavy atom. The molecule has 2 atom stereocenters. The predicted molar refractivity (Wildman–Crippen MR) is 87.6 cm³/mol. The second-order valence-electron chi connectivity index (χ2n) is 6.86. The zero-order chi connectivity index (χ0) is 13.8. The molecular formula is C19H38. The van der Waals surface area contributed by atoms with E-state index in [1.165, 1.54) is 70.6 Å². The van der Waals surface area contributed by atoms with Crippen LogP contribution < -0.4 is 0 Å². The molecule has 0 N–H and O–H groups in total. The molecule has 1 fully saturated rings.